The third kappa shape index (κ3) is 5.32. The van der Waals surface area contributed by atoms with E-state index in [9.17, 15) is 18.7 Å². The molecule has 1 aromatic carbocycles. The number of hydrogen-bond acceptors (Lipinski definition) is 3. The van der Waals surface area contributed by atoms with Crippen molar-refractivity contribution in [3.63, 3.8) is 0 Å². The molecule has 1 N–H and O–H groups in total. The summed E-state index contributed by atoms with van der Waals surface area (Å²) in [5, 5.41) is 9.44. The minimum Gasteiger partial charge on any atom is -0.463 e. The van der Waals surface area contributed by atoms with Crippen LogP contribution in [-0.4, -0.2) is 29.7 Å². The van der Waals surface area contributed by atoms with Crippen LogP contribution in [0.4, 0.5) is 8.78 Å². The molecule has 0 spiro atoms. The lowest BCUT2D eigenvalue weighted by Gasteiger charge is -2.15. The van der Waals surface area contributed by atoms with Crippen molar-refractivity contribution in [3.8, 4) is 0 Å². The van der Waals surface area contributed by atoms with Gasteiger partial charge in [-0.15, -0.1) is 0 Å². The van der Waals surface area contributed by atoms with Crippen LogP contribution in [0.1, 0.15) is 12.5 Å². The number of ether oxygens (including phenoxy) is 1. The number of halogens is 2. The Kier molecular flexibility index (Phi) is 6.06. The molecule has 1 aromatic rings. The standard InChI is InChI=1S/C15H16F2O3/c1-2-20-14(19)10-11-15(16,17)13(18)9-8-12-6-4-3-5-7-12/h3-11,13,18H,2H2,1H3/b9-8+,11-10+. The highest BCUT2D eigenvalue weighted by Crippen LogP contribution is 2.22. The highest BCUT2D eigenvalue weighted by Gasteiger charge is 2.33. The van der Waals surface area contributed by atoms with Gasteiger partial charge in [0.05, 0.1) is 6.61 Å². The minimum absolute atomic E-state index is 0.102. The van der Waals surface area contributed by atoms with E-state index < -0.39 is 18.0 Å². The molecule has 0 fully saturated rings. The van der Waals surface area contributed by atoms with Gasteiger partial charge in [0.1, 0.15) is 6.10 Å². The molecule has 1 atom stereocenters. The fourth-order valence-corrected chi connectivity index (χ4v) is 1.36. The zero-order chi connectivity index (χ0) is 15.0. The van der Waals surface area contributed by atoms with Crippen molar-refractivity contribution < 1.29 is 23.4 Å². The quantitative estimate of drug-likeness (QED) is 0.644. The first-order valence-corrected chi connectivity index (χ1v) is 6.11. The highest BCUT2D eigenvalue weighted by atomic mass is 19.3. The molecule has 0 saturated heterocycles. The van der Waals surface area contributed by atoms with Gasteiger partial charge in [-0.05, 0) is 24.6 Å². The molecule has 20 heavy (non-hydrogen) atoms. The van der Waals surface area contributed by atoms with Crippen LogP contribution in [0.2, 0.25) is 0 Å². The topological polar surface area (TPSA) is 46.5 Å². The van der Waals surface area contributed by atoms with E-state index in [1.165, 1.54) is 6.08 Å². The number of carbonyl (C=O) groups excluding carboxylic acids is 1. The summed E-state index contributed by atoms with van der Waals surface area (Å²) in [6.45, 7) is 1.67. The van der Waals surface area contributed by atoms with E-state index in [1.54, 1.807) is 37.3 Å². The molecule has 0 aliphatic rings. The number of aliphatic hydroxyl groups is 1. The number of carbonyl (C=O) groups is 1. The summed E-state index contributed by atoms with van der Waals surface area (Å²) in [7, 11) is 0. The zero-order valence-corrected chi connectivity index (χ0v) is 11.0. The third-order valence-electron chi connectivity index (χ3n) is 2.39. The summed E-state index contributed by atoms with van der Waals surface area (Å²) in [5.74, 6) is -4.41. The summed E-state index contributed by atoms with van der Waals surface area (Å²) in [6.07, 6.45) is 1.30. The largest absolute Gasteiger partial charge is 0.463 e. The highest BCUT2D eigenvalue weighted by molar-refractivity contribution is 5.82. The van der Waals surface area contributed by atoms with E-state index in [1.807, 2.05) is 0 Å². The molecular weight excluding hydrogens is 266 g/mol. The van der Waals surface area contributed by atoms with Gasteiger partial charge >= 0.3 is 5.97 Å². The zero-order valence-electron chi connectivity index (χ0n) is 11.0. The summed E-state index contributed by atoms with van der Waals surface area (Å²) in [4.78, 5) is 10.9. The van der Waals surface area contributed by atoms with Gasteiger partial charge in [0.25, 0.3) is 5.92 Å². The van der Waals surface area contributed by atoms with Crippen molar-refractivity contribution in [1.82, 2.24) is 0 Å². The Morgan fingerprint density at radius 2 is 2.05 bits per heavy atom. The van der Waals surface area contributed by atoms with Crippen molar-refractivity contribution in [2.24, 2.45) is 0 Å². The molecule has 5 heteroatoms. The Bertz CT molecular complexity index is 481. The van der Waals surface area contributed by atoms with E-state index >= 15 is 0 Å². The van der Waals surface area contributed by atoms with E-state index in [4.69, 9.17) is 0 Å². The van der Waals surface area contributed by atoms with Gasteiger partial charge in [-0.25, -0.2) is 4.79 Å². The van der Waals surface area contributed by atoms with Crippen LogP contribution in [0.3, 0.4) is 0 Å². The fourth-order valence-electron chi connectivity index (χ4n) is 1.36. The van der Waals surface area contributed by atoms with Crippen LogP contribution >= 0.6 is 0 Å². The van der Waals surface area contributed by atoms with Gasteiger partial charge in [0.2, 0.25) is 0 Å². The van der Waals surface area contributed by atoms with Crippen molar-refractivity contribution in [1.29, 1.82) is 0 Å². The number of esters is 1. The molecule has 0 amide bonds. The first-order valence-electron chi connectivity index (χ1n) is 6.11. The number of hydrogen-bond donors (Lipinski definition) is 1. The molecule has 1 rings (SSSR count). The van der Waals surface area contributed by atoms with E-state index in [-0.39, 0.29) is 6.61 Å². The monoisotopic (exact) mass is 282 g/mol. The number of alkyl halides is 2. The van der Waals surface area contributed by atoms with Crippen LogP contribution in [0, 0.1) is 0 Å². The van der Waals surface area contributed by atoms with Crippen LogP contribution in [0.15, 0.2) is 48.6 Å². The smallest absolute Gasteiger partial charge is 0.330 e. The Morgan fingerprint density at radius 1 is 1.40 bits per heavy atom. The average molecular weight is 282 g/mol. The Morgan fingerprint density at radius 3 is 2.65 bits per heavy atom. The maximum absolute atomic E-state index is 13.5. The first kappa shape index (κ1) is 16.0. The second-order valence-corrected chi connectivity index (χ2v) is 3.97. The number of aliphatic hydroxyl groups excluding tert-OH is 1. The van der Waals surface area contributed by atoms with E-state index in [2.05, 4.69) is 4.74 Å². The van der Waals surface area contributed by atoms with E-state index in [0.717, 1.165) is 6.08 Å². The van der Waals surface area contributed by atoms with Gasteiger partial charge in [-0.2, -0.15) is 8.78 Å². The second-order valence-electron chi connectivity index (χ2n) is 3.97. The molecule has 0 heterocycles. The van der Waals surface area contributed by atoms with Crippen molar-refractivity contribution in [3.05, 3.63) is 54.1 Å². The minimum atomic E-state index is -3.54. The third-order valence-corrected chi connectivity index (χ3v) is 2.39. The molecule has 1 unspecified atom stereocenters. The summed E-state index contributed by atoms with van der Waals surface area (Å²) in [5.41, 5.74) is 0.691. The average Bonchev–Trinajstić information content (AvgIpc) is 2.44. The summed E-state index contributed by atoms with van der Waals surface area (Å²) in [6, 6.07) is 8.74. The van der Waals surface area contributed by atoms with Gasteiger partial charge in [-0.3, -0.25) is 0 Å². The molecular formula is C15H16F2O3. The van der Waals surface area contributed by atoms with Gasteiger partial charge in [0, 0.05) is 6.08 Å². The fraction of sp³-hybridized carbons (Fsp3) is 0.267. The molecule has 0 radical (unpaired) electrons. The predicted octanol–water partition coefficient (Wildman–Crippen LogP) is 2.82. The Labute approximate surface area is 116 Å². The summed E-state index contributed by atoms with van der Waals surface area (Å²) >= 11 is 0. The normalized spacial score (nSPS) is 13.8. The maximum atomic E-state index is 13.5. The van der Waals surface area contributed by atoms with Crippen LogP contribution in [0.5, 0.6) is 0 Å². The first-order chi connectivity index (χ1) is 9.45. The summed E-state index contributed by atoms with van der Waals surface area (Å²) < 4.78 is 31.5. The van der Waals surface area contributed by atoms with Crippen LogP contribution in [-0.2, 0) is 9.53 Å². The molecule has 0 aromatic heterocycles. The second kappa shape index (κ2) is 7.55. The van der Waals surface area contributed by atoms with Gasteiger partial charge in [-0.1, -0.05) is 36.4 Å². The van der Waals surface area contributed by atoms with Gasteiger partial charge in [0.15, 0.2) is 0 Å². The van der Waals surface area contributed by atoms with Gasteiger partial charge < -0.3 is 9.84 Å². The molecule has 0 saturated carbocycles. The van der Waals surface area contributed by atoms with Crippen LogP contribution < -0.4 is 0 Å². The van der Waals surface area contributed by atoms with Crippen molar-refractivity contribution in [2.45, 2.75) is 19.0 Å². The lowest BCUT2D eigenvalue weighted by molar-refractivity contribution is -0.137. The van der Waals surface area contributed by atoms with Crippen LogP contribution in [0.25, 0.3) is 6.08 Å². The number of rotatable bonds is 6. The molecule has 0 bridgehead atoms. The predicted molar refractivity (Wildman–Crippen MR) is 72.2 cm³/mol. The maximum Gasteiger partial charge on any atom is 0.330 e. The van der Waals surface area contributed by atoms with E-state index in [0.29, 0.717) is 17.7 Å². The van der Waals surface area contributed by atoms with Crippen molar-refractivity contribution >= 4 is 12.0 Å². The molecule has 0 aliphatic carbocycles. The molecule has 108 valence electrons. The molecule has 3 nitrogen and oxygen atoms in total. The Hall–Kier alpha value is -2.01. The lowest BCUT2D eigenvalue weighted by Crippen LogP contribution is -2.29. The molecule has 0 aliphatic heterocycles. The Balaban J connectivity index is 2.67. The number of benzene rings is 1. The van der Waals surface area contributed by atoms with Crippen molar-refractivity contribution in [2.75, 3.05) is 6.61 Å². The lowest BCUT2D eigenvalue weighted by atomic mass is 10.1. The SMILES string of the molecule is CCOC(=O)/C=C/C(F)(F)C(O)/C=C/c1ccccc1.